The molecule has 0 amide bonds. The van der Waals surface area contributed by atoms with Gasteiger partial charge in [0, 0.05) is 5.56 Å². The molecule has 0 spiro atoms. The number of carbonyl (C=O) groups excluding carboxylic acids is 1. The molecule has 0 atom stereocenters. The van der Waals surface area contributed by atoms with Gasteiger partial charge in [-0.2, -0.15) is 0 Å². The number of Topliss-reactive ketones (excluding diaryl/α,β-unsaturated/α-hetero) is 1. The van der Waals surface area contributed by atoms with Crippen molar-refractivity contribution in [2.24, 2.45) is 0 Å². The highest BCUT2D eigenvalue weighted by molar-refractivity contribution is 9.10. The van der Waals surface area contributed by atoms with Crippen LogP contribution in [-0.4, -0.2) is 20.0 Å². The maximum absolute atomic E-state index is 12.3. The molecule has 2 aromatic carbocycles. The van der Waals surface area contributed by atoms with Gasteiger partial charge in [0.15, 0.2) is 0 Å². The molecule has 0 heterocycles. The third kappa shape index (κ3) is 3.65. The molecule has 0 aromatic heterocycles. The van der Waals surface area contributed by atoms with Crippen molar-refractivity contribution in [3.8, 4) is 23.3 Å². The smallest absolute Gasteiger partial charge is 0.240 e. The van der Waals surface area contributed by atoms with Gasteiger partial charge in [-0.1, -0.05) is 24.1 Å². The first-order valence-electron chi connectivity index (χ1n) is 6.18. The van der Waals surface area contributed by atoms with E-state index in [4.69, 9.17) is 9.47 Å². The van der Waals surface area contributed by atoms with Crippen LogP contribution in [0.15, 0.2) is 46.9 Å². The Kier molecular flexibility index (Phi) is 5.02. The van der Waals surface area contributed by atoms with E-state index < -0.39 is 0 Å². The van der Waals surface area contributed by atoms with Crippen LogP contribution in [0.25, 0.3) is 0 Å². The fraction of sp³-hybridized carbons (Fsp3) is 0.118. The SMILES string of the molecule is COc1cc(C(=O)C#Cc2ccccc2)c(OC)cc1Br. The van der Waals surface area contributed by atoms with Gasteiger partial charge in [0.1, 0.15) is 11.5 Å². The molecule has 0 aliphatic carbocycles. The van der Waals surface area contributed by atoms with Crippen molar-refractivity contribution in [2.45, 2.75) is 0 Å². The van der Waals surface area contributed by atoms with Gasteiger partial charge < -0.3 is 9.47 Å². The monoisotopic (exact) mass is 344 g/mol. The van der Waals surface area contributed by atoms with Crippen LogP contribution in [0.1, 0.15) is 15.9 Å². The summed E-state index contributed by atoms with van der Waals surface area (Å²) in [6.45, 7) is 0. The summed E-state index contributed by atoms with van der Waals surface area (Å²) < 4.78 is 11.1. The number of hydrogen-bond donors (Lipinski definition) is 0. The van der Waals surface area contributed by atoms with Crippen molar-refractivity contribution in [3.05, 3.63) is 58.1 Å². The molecule has 0 aliphatic rings. The molecular formula is C17H13BrO3. The summed E-state index contributed by atoms with van der Waals surface area (Å²) in [7, 11) is 3.05. The number of carbonyl (C=O) groups is 1. The van der Waals surface area contributed by atoms with Crippen LogP contribution in [-0.2, 0) is 0 Å². The molecule has 0 fully saturated rings. The molecule has 2 rings (SSSR count). The molecule has 0 saturated carbocycles. The zero-order valence-electron chi connectivity index (χ0n) is 11.6. The molecule has 0 aliphatic heterocycles. The van der Waals surface area contributed by atoms with E-state index >= 15 is 0 Å². The Hall–Kier alpha value is -2.25. The standard InChI is InChI=1S/C17H13BrO3/c1-20-16-11-14(18)17(21-2)10-13(16)15(19)9-8-12-6-4-3-5-7-12/h3-7,10-11H,1-2H3. The summed E-state index contributed by atoms with van der Waals surface area (Å²) in [5.74, 6) is 6.15. The average molecular weight is 345 g/mol. The zero-order chi connectivity index (χ0) is 15.2. The topological polar surface area (TPSA) is 35.5 Å². The van der Waals surface area contributed by atoms with Crippen LogP contribution < -0.4 is 9.47 Å². The maximum atomic E-state index is 12.3. The van der Waals surface area contributed by atoms with Crippen LogP contribution in [0, 0.1) is 11.8 Å². The van der Waals surface area contributed by atoms with E-state index in [0.29, 0.717) is 17.1 Å². The van der Waals surface area contributed by atoms with E-state index in [-0.39, 0.29) is 5.78 Å². The van der Waals surface area contributed by atoms with E-state index in [1.807, 2.05) is 30.3 Å². The number of benzene rings is 2. The lowest BCUT2D eigenvalue weighted by atomic mass is 10.1. The first-order chi connectivity index (χ1) is 10.2. The van der Waals surface area contributed by atoms with E-state index in [1.165, 1.54) is 14.2 Å². The van der Waals surface area contributed by atoms with Gasteiger partial charge in [-0.05, 0) is 46.1 Å². The Morgan fingerprint density at radius 1 is 1.05 bits per heavy atom. The Morgan fingerprint density at radius 3 is 2.33 bits per heavy atom. The normalized spacial score (nSPS) is 9.48. The highest BCUT2D eigenvalue weighted by Crippen LogP contribution is 2.32. The van der Waals surface area contributed by atoms with Gasteiger partial charge in [-0.15, -0.1) is 0 Å². The predicted molar refractivity (Wildman–Crippen MR) is 84.9 cm³/mol. The van der Waals surface area contributed by atoms with E-state index in [9.17, 15) is 4.79 Å². The van der Waals surface area contributed by atoms with Crippen LogP contribution in [0.3, 0.4) is 0 Å². The largest absolute Gasteiger partial charge is 0.496 e. The Labute approximate surface area is 132 Å². The lowest BCUT2D eigenvalue weighted by Crippen LogP contribution is -2.01. The molecule has 106 valence electrons. The Bertz CT molecular complexity index is 712. The number of methoxy groups -OCH3 is 2. The predicted octanol–water partition coefficient (Wildman–Crippen LogP) is 3.70. The Morgan fingerprint density at radius 2 is 1.71 bits per heavy atom. The molecule has 0 radical (unpaired) electrons. The summed E-state index contributed by atoms with van der Waals surface area (Å²) in [6.07, 6.45) is 0. The lowest BCUT2D eigenvalue weighted by Gasteiger charge is -2.09. The van der Waals surface area contributed by atoms with Crippen molar-refractivity contribution >= 4 is 21.7 Å². The molecule has 4 heteroatoms. The summed E-state index contributed by atoms with van der Waals surface area (Å²) in [5.41, 5.74) is 1.16. The van der Waals surface area contributed by atoms with Gasteiger partial charge in [0.05, 0.1) is 24.3 Å². The highest BCUT2D eigenvalue weighted by Gasteiger charge is 2.14. The molecule has 0 bridgehead atoms. The number of halogens is 1. The van der Waals surface area contributed by atoms with E-state index in [1.54, 1.807) is 12.1 Å². The molecule has 3 nitrogen and oxygen atoms in total. The molecule has 0 saturated heterocycles. The lowest BCUT2D eigenvalue weighted by molar-refractivity contribution is 0.105. The molecule has 2 aromatic rings. The second-order valence-corrected chi connectivity index (χ2v) is 4.99. The van der Waals surface area contributed by atoms with Gasteiger partial charge >= 0.3 is 0 Å². The molecule has 21 heavy (non-hydrogen) atoms. The first-order valence-corrected chi connectivity index (χ1v) is 6.98. The van der Waals surface area contributed by atoms with Crippen molar-refractivity contribution in [2.75, 3.05) is 14.2 Å². The minimum absolute atomic E-state index is 0.318. The number of ether oxygens (including phenoxy) is 2. The van der Waals surface area contributed by atoms with Crippen molar-refractivity contribution in [3.63, 3.8) is 0 Å². The van der Waals surface area contributed by atoms with Crippen molar-refractivity contribution in [1.29, 1.82) is 0 Å². The number of hydrogen-bond acceptors (Lipinski definition) is 3. The first kappa shape index (κ1) is 15.1. The fourth-order valence-electron chi connectivity index (χ4n) is 1.76. The second kappa shape index (κ2) is 6.96. The summed E-state index contributed by atoms with van der Waals surface area (Å²) in [6, 6.07) is 12.6. The fourth-order valence-corrected chi connectivity index (χ4v) is 2.24. The summed E-state index contributed by atoms with van der Waals surface area (Å²) in [4.78, 5) is 12.3. The number of rotatable bonds is 3. The van der Waals surface area contributed by atoms with Crippen molar-refractivity contribution < 1.29 is 14.3 Å². The van der Waals surface area contributed by atoms with Gasteiger partial charge in [-0.3, -0.25) is 4.79 Å². The summed E-state index contributed by atoms with van der Waals surface area (Å²) >= 11 is 3.35. The quantitative estimate of drug-likeness (QED) is 0.629. The minimum atomic E-state index is -0.318. The van der Waals surface area contributed by atoms with Gasteiger partial charge in [-0.25, -0.2) is 0 Å². The number of ketones is 1. The van der Waals surface area contributed by atoms with Crippen LogP contribution in [0.4, 0.5) is 0 Å². The van der Waals surface area contributed by atoms with E-state index in [2.05, 4.69) is 27.8 Å². The van der Waals surface area contributed by atoms with E-state index in [0.717, 1.165) is 10.0 Å². The Balaban J connectivity index is 2.37. The minimum Gasteiger partial charge on any atom is -0.496 e. The van der Waals surface area contributed by atoms with Gasteiger partial charge in [0.25, 0.3) is 0 Å². The average Bonchev–Trinajstić information content (AvgIpc) is 2.53. The van der Waals surface area contributed by atoms with Crippen LogP contribution in [0.2, 0.25) is 0 Å². The molecule has 0 N–H and O–H groups in total. The van der Waals surface area contributed by atoms with Crippen LogP contribution >= 0.6 is 15.9 Å². The van der Waals surface area contributed by atoms with Crippen LogP contribution in [0.5, 0.6) is 11.5 Å². The second-order valence-electron chi connectivity index (χ2n) is 4.13. The third-order valence-electron chi connectivity index (χ3n) is 2.81. The molecule has 0 unspecified atom stereocenters. The third-order valence-corrected chi connectivity index (χ3v) is 3.43. The zero-order valence-corrected chi connectivity index (χ0v) is 13.2. The molecular weight excluding hydrogens is 332 g/mol. The van der Waals surface area contributed by atoms with Gasteiger partial charge in [0.2, 0.25) is 5.78 Å². The van der Waals surface area contributed by atoms with Crippen molar-refractivity contribution in [1.82, 2.24) is 0 Å². The maximum Gasteiger partial charge on any atom is 0.240 e. The highest BCUT2D eigenvalue weighted by atomic mass is 79.9. The summed E-state index contributed by atoms with van der Waals surface area (Å²) in [5, 5.41) is 0.